The SMILES string of the molecule is O=[N+]([O-])c1cccc(C2CC(O)c3cc(O)ccc3O2)c1.O=[N+]([O-])c1cccc(C2CC(O)c3cc(O)ccc3O2)c1. The van der Waals surface area contributed by atoms with Crippen molar-refractivity contribution in [1.29, 1.82) is 0 Å². The molecule has 0 fully saturated rings. The Kier molecular flexibility index (Phi) is 7.91. The number of aliphatic hydroxyl groups excluding tert-OH is 2. The lowest BCUT2D eigenvalue weighted by atomic mass is 9.94. The highest BCUT2D eigenvalue weighted by molar-refractivity contribution is 5.45. The molecule has 0 saturated heterocycles. The van der Waals surface area contributed by atoms with Gasteiger partial charge in [0.1, 0.15) is 35.2 Å². The third kappa shape index (κ3) is 6.09. The molecule has 216 valence electrons. The molecule has 12 nitrogen and oxygen atoms in total. The van der Waals surface area contributed by atoms with Gasteiger partial charge in [-0.25, -0.2) is 0 Å². The van der Waals surface area contributed by atoms with Gasteiger partial charge in [0.15, 0.2) is 0 Å². The largest absolute Gasteiger partial charge is 0.508 e. The fraction of sp³-hybridized carbons (Fsp3) is 0.200. The highest BCUT2D eigenvalue weighted by Gasteiger charge is 2.30. The maximum Gasteiger partial charge on any atom is 0.269 e. The number of fused-ring (bicyclic) bond motifs is 2. The van der Waals surface area contributed by atoms with Crippen LogP contribution in [0.1, 0.15) is 59.5 Å². The molecule has 12 heteroatoms. The van der Waals surface area contributed by atoms with E-state index in [1.54, 1.807) is 36.4 Å². The number of aromatic hydroxyl groups is 2. The first kappa shape index (κ1) is 28.3. The van der Waals surface area contributed by atoms with E-state index in [0.717, 1.165) is 0 Å². The lowest BCUT2D eigenvalue weighted by Crippen LogP contribution is -2.19. The molecule has 0 saturated carbocycles. The standard InChI is InChI=1S/2C15H13NO5/c2*17-11-4-5-14-12(7-11)13(18)8-15(21-14)9-2-1-3-10(6-9)16(19)20/h2*1-7,13,15,17-18H,8H2. The van der Waals surface area contributed by atoms with Crippen LogP contribution < -0.4 is 9.47 Å². The zero-order valence-corrected chi connectivity index (χ0v) is 21.9. The van der Waals surface area contributed by atoms with Crippen LogP contribution in [0.5, 0.6) is 23.0 Å². The minimum atomic E-state index is -0.787. The molecular weight excluding hydrogens is 548 g/mol. The molecule has 0 aliphatic carbocycles. The van der Waals surface area contributed by atoms with E-state index in [2.05, 4.69) is 0 Å². The fourth-order valence-corrected chi connectivity index (χ4v) is 4.95. The highest BCUT2D eigenvalue weighted by Crippen LogP contribution is 2.43. The maximum atomic E-state index is 10.8. The summed E-state index contributed by atoms with van der Waals surface area (Å²) >= 11 is 0. The summed E-state index contributed by atoms with van der Waals surface area (Å²) in [5.41, 5.74) is 2.31. The molecule has 4 aromatic carbocycles. The lowest BCUT2D eigenvalue weighted by molar-refractivity contribution is -0.385. The molecule has 2 heterocycles. The molecule has 0 aromatic heterocycles. The molecule has 4 N–H and O–H groups in total. The smallest absolute Gasteiger partial charge is 0.269 e. The summed E-state index contributed by atoms with van der Waals surface area (Å²) in [6.07, 6.45) is -1.95. The van der Waals surface area contributed by atoms with Crippen molar-refractivity contribution in [2.45, 2.75) is 37.3 Å². The second-order valence-corrected chi connectivity index (χ2v) is 9.86. The highest BCUT2D eigenvalue weighted by atomic mass is 16.6. The van der Waals surface area contributed by atoms with Crippen LogP contribution in [0, 0.1) is 20.2 Å². The van der Waals surface area contributed by atoms with E-state index in [1.807, 2.05) is 0 Å². The number of ether oxygens (including phenoxy) is 2. The number of hydrogen-bond donors (Lipinski definition) is 4. The molecule has 4 aromatic rings. The second-order valence-electron chi connectivity index (χ2n) is 9.86. The van der Waals surface area contributed by atoms with Gasteiger partial charge < -0.3 is 29.9 Å². The Hall–Kier alpha value is -5.20. The number of benzene rings is 4. The van der Waals surface area contributed by atoms with E-state index < -0.39 is 34.3 Å². The van der Waals surface area contributed by atoms with Crippen LogP contribution >= 0.6 is 0 Å². The van der Waals surface area contributed by atoms with Crippen LogP contribution in [-0.4, -0.2) is 30.3 Å². The minimum absolute atomic E-state index is 0.0120. The van der Waals surface area contributed by atoms with Crippen LogP contribution in [0.25, 0.3) is 0 Å². The van der Waals surface area contributed by atoms with E-state index in [0.29, 0.717) is 33.8 Å². The zero-order chi connectivity index (χ0) is 30.0. The first-order valence-electron chi connectivity index (χ1n) is 12.9. The summed E-state index contributed by atoms with van der Waals surface area (Å²) in [4.78, 5) is 20.7. The van der Waals surface area contributed by atoms with Gasteiger partial charge in [0, 0.05) is 48.2 Å². The molecule has 2 aliphatic rings. The summed E-state index contributed by atoms with van der Waals surface area (Å²) in [5.74, 6) is 1.07. The van der Waals surface area contributed by atoms with Gasteiger partial charge in [-0.3, -0.25) is 20.2 Å². The van der Waals surface area contributed by atoms with E-state index in [1.165, 1.54) is 48.5 Å². The molecule has 42 heavy (non-hydrogen) atoms. The molecule has 4 atom stereocenters. The van der Waals surface area contributed by atoms with Gasteiger partial charge in [0.2, 0.25) is 0 Å². The van der Waals surface area contributed by atoms with E-state index >= 15 is 0 Å². The first-order chi connectivity index (χ1) is 20.1. The monoisotopic (exact) mass is 574 g/mol. The van der Waals surface area contributed by atoms with Crippen molar-refractivity contribution in [2.75, 3.05) is 0 Å². The van der Waals surface area contributed by atoms with Gasteiger partial charge in [-0.15, -0.1) is 0 Å². The van der Waals surface area contributed by atoms with Gasteiger partial charge in [-0.1, -0.05) is 24.3 Å². The Balaban J connectivity index is 0.000000168. The quantitative estimate of drug-likeness (QED) is 0.174. The van der Waals surface area contributed by atoms with Crippen molar-refractivity contribution in [3.63, 3.8) is 0 Å². The Bertz CT molecular complexity index is 1520. The summed E-state index contributed by atoms with van der Waals surface area (Å²) in [7, 11) is 0. The summed E-state index contributed by atoms with van der Waals surface area (Å²) in [6.45, 7) is 0. The van der Waals surface area contributed by atoms with Crippen molar-refractivity contribution in [2.24, 2.45) is 0 Å². The summed E-state index contributed by atoms with van der Waals surface area (Å²) in [5, 5.41) is 60.9. The Morgan fingerprint density at radius 2 is 1.02 bits per heavy atom. The number of rotatable bonds is 4. The number of non-ortho nitro benzene ring substituents is 2. The number of phenolic OH excluding ortho intramolecular Hbond substituents is 2. The molecule has 0 bridgehead atoms. The molecule has 2 aliphatic heterocycles. The first-order valence-corrected chi connectivity index (χ1v) is 12.9. The third-order valence-corrected chi connectivity index (χ3v) is 7.02. The lowest BCUT2D eigenvalue weighted by Gasteiger charge is -2.29. The summed E-state index contributed by atoms with van der Waals surface area (Å²) < 4.78 is 11.6. The van der Waals surface area contributed by atoms with Gasteiger partial charge >= 0.3 is 0 Å². The van der Waals surface area contributed by atoms with Gasteiger partial charge in [-0.2, -0.15) is 0 Å². The van der Waals surface area contributed by atoms with Crippen molar-refractivity contribution in [1.82, 2.24) is 0 Å². The molecule has 4 unspecified atom stereocenters. The van der Waals surface area contributed by atoms with Crippen molar-refractivity contribution >= 4 is 11.4 Å². The number of nitro benzene ring substituents is 2. The van der Waals surface area contributed by atoms with Crippen molar-refractivity contribution < 1.29 is 39.7 Å². The zero-order valence-electron chi connectivity index (χ0n) is 21.9. The van der Waals surface area contributed by atoms with Crippen molar-refractivity contribution in [3.05, 3.63) is 127 Å². The third-order valence-electron chi connectivity index (χ3n) is 7.02. The van der Waals surface area contributed by atoms with Crippen LogP contribution in [0.15, 0.2) is 84.9 Å². The average molecular weight is 575 g/mol. The van der Waals surface area contributed by atoms with Gasteiger partial charge in [0.25, 0.3) is 11.4 Å². The number of phenols is 2. The van der Waals surface area contributed by atoms with Gasteiger partial charge in [0.05, 0.1) is 22.1 Å². The summed E-state index contributed by atoms with van der Waals surface area (Å²) in [6, 6.07) is 21.4. The average Bonchev–Trinajstić information content (AvgIpc) is 2.98. The minimum Gasteiger partial charge on any atom is -0.508 e. The van der Waals surface area contributed by atoms with E-state index in [-0.39, 0.29) is 35.7 Å². The van der Waals surface area contributed by atoms with Crippen LogP contribution in [0.2, 0.25) is 0 Å². The molecule has 0 radical (unpaired) electrons. The Labute approximate surface area is 238 Å². The Morgan fingerprint density at radius 1 is 0.619 bits per heavy atom. The Morgan fingerprint density at radius 3 is 1.40 bits per heavy atom. The predicted molar refractivity (Wildman–Crippen MR) is 148 cm³/mol. The molecule has 0 spiro atoms. The van der Waals surface area contributed by atoms with Crippen LogP contribution in [0.4, 0.5) is 11.4 Å². The van der Waals surface area contributed by atoms with E-state index in [9.17, 15) is 40.7 Å². The molecule has 6 rings (SSSR count). The predicted octanol–water partition coefficient (Wildman–Crippen LogP) is 5.72. The van der Waals surface area contributed by atoms with E-state index in [4.69, 9.17) is 9.47 Å². The van der Waals surface area contributed by atoms with Gasteiger partial charge in [-0.05, 0) is 47.5 Å². The second kappa shape index (κ2) is 11.7. The molecule has 0 amide bonds. The topological polar surface area (TPSA) is 186 Å². The maximum absolute atomic E-state index is 10.8. The van der Waals surface area contributed by atoms with Crippen LogP contribution in [0.3, 0.4) is 0 Å². The normalized spacial score (nSPS) is 20.4. The van der Waals surface area contributed by atoms with Crippen molar-refractivity contribution in [3.8, 4) is 23.0 Å². The number of nitrogens with zero attached hydrogens (tertiary/aromatic N) is 2. The number of hydrogen-bond acceptors (Lipinski definition) is 10. The van der Waals surface area contributed by atoms with Crippen LogP contribution in [-0.2, 0) is 0 Å². The fourth-order valence-electron chi connectivity index (χ4n) is 4.95. The number of nitro groups is 2. The number of aliphatic hydroxyl groups is 2. The molecular formula is C30H26N2O10.